The SMILES string of the molecule is CC(C)(C(=O)NCCCn1ccnc1)c1cccc(C(F)(F)F)c1. The molecule has 0 aliphatic rings. The topological polar surface area (TPSA) is 46.9 Å². The van der Waals surface area contributed by atoms with Gasteiger partial charge in [0, 0.05) is 25.5 Å². The minimum Gasteiger partial charge on any atom is -0.355 e. The van der Waals surface area contributed by atoms with Crippen LogP contribution in [0.2, 0.25) is 0 Å². The van der Waals surface area contributed by atoms with Gasteiger partial charge in [-0.1, -0.05) is 18.2 Å². The Morgan fingerprint density at radius 2 is 1.96 bits per heavy atom. The molecule has 0 fully saturated rings. The molecule has 1 heterocycles. The predicted octanol–water partition coefficient (Wildman–Crippen LogP) is 3.39. The number of carbonyl (C=O) groups is 1. The molecule has 7 heteroatoms. The number of nitrogens with one attached hydrogen (secondary N) is 1. The number of aryl methyl sites for hydroxylation is 1. The van der Waals surface area contributed by atoms with E-state index in [9.17, 15) is 18.0 Å². The molecule has 0 saturated carbocycles. The Morgan fingerprint density at radius 3 is 2.58 bits per heavy atom. The molecular weight excluding hydrogens is 319 g/mol. The van der Waals surface area contributed by atoms with E-state index in [0.29, 0.717) is 25.1 Å². The van der Waals surface area contributed by atoms with Crippen molar-refractivity contribution in [1.82, 2.24) is 14.9 Å². The van der Waals surface area contributed by atoms with Gasteiger partial charge in [-0.15, -0.1) is 0 Å². The van der Waals surface area contributed by atoms with Crippen LogP contribution >= 0.6 is 0 Å². The summed E-state index contributed by atoms with van der Waals surface area (Å²) in [6.45, 7) is 4.39. The standard InChI is InChI=1S/C17H20F3N3O/c1-16(2,13-5-3-6-14(11-13)17(18,19)20)15(24)22-7-4-9-23-10-8-21-12-23/h3,5-6,8,10-12H,4,7,9H2,1-2H3,(H,22,24). The van der Waals surface area contributed by atoms with Crippen LogP contribution in [0.15, 0.2) is 43.0 Å². The zero-order chi connectivity index (χ0) is 17.8. The van der Waals surface area contributed by atoms with Crippen LogP contribution in [0.3, 0.4) is 0 Å². The zero-order valence-corrected chi connectivity index (χ0v) is 13.6. The summed E-state index contributed by atoms with van der Waals surface area (Å²) in [5.74, 6) is -0.299. The van der Waals surface area contributed by atoms with Gasteiger partial charge in [-0.2, -0.15) is 13.2 Å². The minimum atomic E-state index is -4.42. The number of carbonyl (C=O) groups excluding carboxylic acids is 1. The van der Waals surface area contributed by atoms with Gasteiger partial charge in [-0.3, -0.25) is 4.79 Å². The van der Waals surface area contributed by atoms with Gasteiger partial charge in [-0.25, -0.2) is 4.98 Å². The van der Waals surface area contributed by atoms with Gasteiger partial charge < -0.3 is 9.88 Å². The third-order valence-corrected chi connectivity index (χ3v) is 3.92. The lowest BCUT2D eigenvalue weighted by Crippen LogP contribution is -2.40. The quantitative estimate of drug-likeness (QED) is 0.820. The van der Waals surface area contributed by atoms with E-state index < -0.39 is 17.2 Å². The van der Waals surface area contributed by atoms with E-state index in [-0.39, 0.29) is 5.91 Å². The Morgan fingerprint density at radius 1 is 1.25 bits per heavy atom. The molecule has 24 heavy (non-hydrogen) atoms. The van der Waals surface area contributed by atoms with E-state index in [2.05, 4.69) is 10.3 Å². The fourth-order valence-electron chi connectivity index (χ4n) is 2.32. The smallest absolute Gasteiger partial charge is 0.355 e. The second-order valence-electron chi connectivity index (χ2n) is 6.11. The Balaban J connectivity index is 1.97. The van der Waals surface area contributed by atoms with Crippen molar-refractivity contribution in [2.75, 3.05) is 6.54 Å². The van der Waals surface area contributed by atoms with Crippen LogP contribution in [0.1, 0.15) is 31.4 Å². The summed E-state index contributed by atoms with van der Waals surface area (Å²) >= 11 is 0. The van der Waals surface area contributed by atoms with Gasteiger partial charge in [0.2, 0.25) is 5.91 Å². The number of aromatic nitrogens is 2. The number of nitrogens with zero attached hydrogens (tertiary/aromatic N) is 2. The second-order valence-corrected chi connectivity index (χ2v) is 6.11. The van der Waals surface area contributed by atoms with Crippen LogP contribution in [0, 0.1) is 0 Å². The third-order valence-electron chi connectivity index (χ3n) is 3.92. The highest BCUT2D eigenvalue weighted by Gasteiger charge is 2.34. The lowest BCUT2D eigenvalue weighted by molar-refractivity contribution is -0.137. The van der Waals surface area contributed by atoms with Crippen LogP contribution in [-0.4, -0.2) is 22.0 Å². The molecule has 0 saturated heterocycles. The van der Waals surface area contributed by atoms with E-state index in [1.807, 2.05) is 10.8 Å². The molecule has 2 aromatic rings. The molecule has 130 valence electrons. The maximum Gasteiger partial charge on any atom is 0.416 e. The number of alkyl halides is 3. The average Bonchev–Trinajstić information content (AvgIpc) is 3.04. The van der Waals surface area contributed by atoms with Crippen LogP contribution in [-0.2, 0) is 22.9 Å². The molecular formula is C17H20F3N3O. The largest absolute Gasteiger partial charge is 0.416 e. The molecule has 2 rings (SSSR count). The number of halogens is 3. The Labute approximate surface area is 138 Å². The maximum atomic E-state index is 12.8. The molecule has 0 atom stereocenters. The fraction of sp³-hybridized carbons (Fsp3) is 0.412. The summed E-state index contributed by atoms with van der Waals surface area (Å²) in [4.78, 5) is 16.3. The lowest BCUT2D eigenvalue weighted by Gasteiger charge is -2.25. The van der Waals surface area contributed by atoms with Gasteiger partial charge in [-0.05, 0) is 31.9 Å². The highest BCUT2D eigenvalue weighted by molar-refractivity contribution is 5.87. The van der Waals surface area contributed by atoms with E-state index in [4.69, 9.17) is 0 Å². The van der Waals surface area contributed by atoms with Gasteiger partial charge >= 0.3 is 6.18 Å². The van der Waals surface area contributed by atoms with Crippen molar-refractivity contribution in [2.45, 2.75) is 38.4 Å². The van der Waals surface area contributed by atoms with Crippen molar-refractivity contribution in [1.29, 1.82) is 0 Å². The Hall–Kier alpha value is -2.31. The molecule has 1 aromatic carbocycles. The number of benzene rings is 1. The predicted molar refractivity (Wildman–Crippen MR) is 84.3 cm³/mol. The van der Waals surface area contributed by atoms with E-state index >= 15 is 0 Å². The van der Waals surface area contributed by atoms with Crippen molar-refractivity contribution in [3.63, 3.8) is 0 Å². The maximum absolute atomic E-state index is 12.8. The van der Waals surface area contributed by atoms with Gasteiger partial charge in [0.25, 0.3) is 0 Å². The second kappa shape index (κ2) is 7.07. The highest BCUT2D eigenvalue weighted by atomic mass is 19.4. The van der Waals surface area contributed by atoms with Crippen molar-refractivity contribution in [3.8, 4) is 0 Å². The van der Waals surface area contributed by atoms with Gasteiger partial charge in [0.15, 0.2) is 0 Å². The highest BCUT2D eigenvalue weighted by Crippen LogP contribution is 2.32. The summed E-state index contributed by atoms with van der Waals surface area (Å²) in [7, 11) is 0. The van der Waals surface area contributed by atoms with Gasteiger partial charge in [0.1, 0.15) is 0 Å². The summed E-state index contributed by atoms with van der Waals surface area (Å²) in [6, 6.07) is 4.90. The molecule has 1 aromatic heterocycles. The summed E-state index contributed by atoms with van der Waals surface area (Å²) in [5.41, 5.74) is -1.46. The van der Waals surface area contributed by atoms with Gasteiger partial charge in [0.05, 0.1) is 17.3 Å². The fourth-order valence-corrected chi connectivity index (χ4v) is 2.32. The van der Waals surface area contributed by atoms with Crippen molar-refractivity contribution >= 4 is 5.91 Å². The molecule has 1 N–H and O–H groups in total. The van der Waals surface area contributed by atoms with Crippen molar-refractivity contribution < 1.29 is 18.0 Å². The Bertz CT molecular complexity index is 679. The number of rotatable bonds is 6. The normalized spacial score (nSPS) is 12.2. The average molecular weight is 339 g/mol. The van der Waals surface area contributed by atoms with Crippen LogP contribution < -0.4 is 5.32 Å². The van der Waals surface area contributed by atoms with E-state index in [1.165, 1.54) is 6.07 Å². The number of amides is 1. The first-order valence-electron chi connectivity index (χ1n) is 7.63. The molecule has 0 unspecified atom stereocenters. The molecule has 0 bridgehead atoms. The van der Waals surface area contributed by atoms with Crippen LogP contribution in [0.4, 0.5) is 13.2 Å². The minimum absolute atomic E-state index is 0.299. The first-order valence-corrected chi connectivity index (χ1v) is 7.63. The molecule has 0 spiro atoms. The lowest BCUT2D eigenvalue weighted by atomic mass is 9.83. The molecule has 4 nitrogen and oxygen atoms in total. The van der Waals surface area contributed by atoms with E-state index in [0.717, 1.165) is 12.1 Å². The van der Waals surface area contributed by atoms with Crippen LogP contribution in [0.5, 0.6) is 0 Å². The number of hydrogen-bond donors (Lipinski definition) is 1. The summed E-state index contributed by atoms with van der Waals surface area (Å²) in [6.07, 6.45) is 1.48. The zero-order valence-electron chi connectivity index (χ0n) is 13.6. The first kappa shape index (κ1) is 18.0. The first-order chi connectivity index (χ1) is 11.2. The monoisotopic (exact) mass is 339 g/mol. The van der Waals surface area contributed by atoms with Crippen molar-refractivity contribution in [2.24, 2.45) is 0 Å². The summed E-state index contributed by atoms with van der Waals surface area (Å²) in [5, 5.41) is 2.79. The van der Waals surface area contributed by atoms with Crippen molar-refractivity contribution in [3.05, 3.63) is 54.1 Å². The Kier molecular flexibility index (Phi) is 5.31. The number of imidazole rings is 1. The number of hydrogen-bond acceptors (Lipinski definition) is 2. The third kappa shape index (κ3) is 4.37. The molecule has 0 aliphatic carbocycles. The summed E-state index contributed by atoms with van der Waals surface area (Å²) < 4.78 is 40.4. The molecule has 1 amide bonds. The molecule has 0 aliphatic heterocycles. The molecule has 0 radical (unpaired) electrons. The van der Waals surface area contributed by atoms with E-state index in [1.54, 1.807) is 32.4 Å². The van der Waals surface area contributed by atoms with Crippen LogP contribution in [0.25, 0.3) is 0 Å².